The molecule has 3 aromatic carbocycles. The summed E-state index contributed by atoms with van der Waals surface area (Å²) in [5.41, 5.74) is 3.03. The Bertz CT molecular complexity index is 1320. The largest absolute Gasteiger partial charge is 0.416 e. The van der Waals surface area contributed by atoms with Gasteiger partial charge in [-0.2, -0.15) is 26.7 Å². The van der Waals surface area contributed by atoms with Gasteiger partial charge in [-0.25, -0.2) is 5.43 Å². The summed E-state index contributed by atoms with van der Waals surface area (Å²) in [6.45, 7) is 1.75. The number of hydrazone groups is 1. The van der Waals surface area contributed by atoms with Crippen molar-refractivity contribution in [2.75, 3.05) is 0 Å². The number of nitrogens with zero attached hydrogens (tertiary/aromatic N) is 1. The highest BCUT2D eigenvalue weighted by Gasteiger charge is 2.31. The maximum Gasteiger partial charge on any atom is 0.416 e. The van der Waals surface area contributed by atoms with Crippen molar-refractivity contribution in [2.45, 2.75) is 24.4 Å². The number of carbonyl (C=O) groups excluding carboxylic acids is 1. The Labute approximate surface area is 199 Å². The normalized spacial score (nSPS) is 12.0. The monoisotopic (exact) mass is 510 g/mol. The first-order valence-corrected chi connectivity index (χ1v) is 11.5. The Morgan fingerprint density at radius 2 is 1.79 bits per heavy atom. The Morgan fingerprint density at radius 1 is 1.09 bits per heavy atom. The fourth-order valence-electron chi connectivity index (χ4n) is 2.87. The maximum atomic E-state index is 12.7. The first-order chi connectivity index (χ1) is 15.9. The van der Waals surface area contributed by atoms with Crippen LogP contribution in [0.3, 0.4) is 0 Å². The number of hydrogen-bond acceptors (Lipinski definition) is 5. The van der Waals surface area contributed by atoms with Crippen LogP contribution < -0.4 is 9.61 Å². The second-order valence-corrected chi connectivity index (χ2v) is 9.18. The molecule has 0 aliphatic carbocycles. The summed E-state index contributed by atoms with van der Waals surface area (Å²) in [7, 11) is -4.43. The minimum absolute atomic E-state index is 0.0252. The van der Waals surface area contributed by atoms with Gasteiger partial charge in [0, 0.05) is 10.6 Å². The van der Waals surface area contributed by atoms with Crippen LogP contribution >= 0.6 is 11.6 Å². The Morgan fingerprint density at radius 3 is 2.44 bits per heavy atom. The molecule has 34 heavy (non-hydrogen) atoms. The van der Waals surface area contributed by atoms with Gasteiger partial charge in [-0.1, -0.05) is 35.4 Å². The van der Waals surface area contributed by atoms with Crippen LogP contribution in [0.1, 0.15) is 22.3 Å². The molecule has 0 heterocycles. The van der Waals surface area contributed by atoms with Gasteiger partial charge in [0.05, 0.1) is 18.2 Å². The smallest absolute Gasteiger partial charge is 0.378 e. The molecule has 178 valence electrons. The van der Waals surface area contributed by atoms with Crippen molar-refractivity contribution in [2.24, 2.45) is 5.10 Å². The van der Waals surface area contributed by atoms with E-state index < -0.39 is 32.7 Å². The molecule has 3 aromatic rings. The highest BCUT2D eigenvalue weighted by molar-refractivity contribution is 7.87. The summed E-state index contributed by atoms with van der Waals surface area (Å²) < 4.78 is 68.5. The lowest BCUT2D eigenvalue weighted by molar-refractivity contribution is -0.137. The van der Waals surface area contributed by atoms with Crippen LogP contribution in [-0.4, -0.2) is 20.5 Å². The molecule has 0 aromatic heterocycles. The van der Waals surface area contributed by atoms with Crippen LogP contribution in [0.5, 0.6) is 5.75 Å². The van der Waals surface area contributed by atoms with Gasteiger partial charge in [0.25, 0.3) is 0 Å². The van der Waals surface area contributed by atoms with Crippen LogP contribution in [0.2, 0.25) is 5.02 Å². The van der Waals surface area contributed by atoms with Crippen molar-refractivity contribution in [3.8, 4) is 5.75 Å². The van der Waals surface area contributed by atoms with E-state index in [0.29, 0.717) is 22.7 Å². The molecule has 1 amide bonds. The molecule has 0 saturated carbocycles. The molecule has 0 unspecified atom stereocenters. The van der Waals surface area contributed by atoms with Crippen molar-refractivity contribution in [1.82, 2.24) is 5.43 Å². The lowest BCUT2D eigenvalue weighted by Gasteiger charge is -2.11. The van der Waals surface area contributed by atoms with E-state index >= 15 is 0 Å². The number of aryl methyl sites for hydroxylation is 1. The molecule has 11 heteroatoms. The van der Waals surface area contributed by atoms with Gasteiger partial charge in [-0.05, 0) is 61.0 Å². The Kier molecular flexibility index (Phi) is 7.63. The number of rotatable bonds is 7. The summed E-state index contributed by atoms with van der Waals surface area (Å²) >= 11 is 5.90. The Hall–Kier alpha value is -3.37. The first-order valence-electron chi connectivity index (χ1n) is 9.73. The van der Waals surface area contributed by atoms with E-state index in [0.717, 1.165) is 17.7 Å². The summed E-state index contributed by atoms with van der Waals surface area (Å²) in [5, 5.41) is 4.34. The molecule has 0 atom stereocenters. The van der Waals surface area contributed by atoms with E-state index in [2.05, 4.69) is 10.5 Å². The molecular weight excluding hydrogens is 493 g/mol. The van der Waals surface area contributed by atoms with Crippen molar-refractivity contribution in [1.29, 1.82) is 0 Å². The van der Waals surface area contributed by atoms with Gasteiger partial charge in [-0.3, -0.25) is 4.79 Å². The van der Waals surface area contributed by atoms with Gasteiger partial charge in [0.15, 0.2) is 5.75 Å². The molecular formula is C23H18ClF3N2O4S. The topological polar surface area (TPSA) is 84.8 Å². The number of nitrogens with one attached hydrogen (secondary N) is 1. The standard InChI is InChI=1S/C23H18ClF3N2O4S/c1-15-5-10-21(33-34(31,32)20-8-6-18(7-9-20)23(25,26)27)17(11-15)14-28-29-22(30)13-16-3-2-4-19(24)12-16/h2-12,14H,13H2,1H3,(H,29,30). The fraction of sp³-hybridized carbons (Fsp3) is 0.130. The van der Waals surface area contributed by atoms with Crippen LogP contribution in [0.15, 0.2) is 76.7 Å². The molecule has 0 saturated heterocycles. The van der Waals surface area contributed by atoms with Gasteiger partial charge < -0.3 is 4.18 Å². The summed E-state index contributed by atoms with van der Waals surface area (Å²) in [6.07, 6.45) is -3.36. The van der Waals surface area contributed by atoms with E-state index in [4.69, 9.17) is 15.8 Å². The highest BCUT2D eigenvalue weighted by atomic mass is 35.5. The zero-order chi connectivity index (χ0) is 24.9. The highest BCUT2D eigenvalue weighted by Crippen LogP contribution is 2.30. The zero-order valence-electron chi connectivity index (χ0n) is 17.6. The Balaban J connectivity index is 1.74. The van der Waals surface area contributed by atoms with Gasteiger partial charge in [-0.15, -0.1) is 0 Å². The van der Waals surface area contributed by atoms with Crippen molar-refractivity contribution in [3.63, 3.8) is 0 Å². The van der Waals surface area contributed by atoms with Gasteiger partial charge in [0.1, 0.15) is 4.90 Å². The molecule has 0 fully saturated rings. The first kappa shape index (κ1) is 25.3. The SMILES string of the molecule is Cc1ccc(OS(=O)(=O)c2ccc(C(F)(F)F)cc2)c(C=NNC(=O)Cc2cccc(Cl)c2)c1. The second-order valence-electron chi connectivity index (χ2n) is 7.20. The quantitative estimate of drug-likeness (QED) is 0.271. The second kappa shape index (κ2) is 10.3. The third-order valence-electron chi connectivity index (χ3n) is 4.48. The van der Waals surface area contributed by atoms with Crippen LogP contribution in [0, 0.1) is 6.92 Å². The predicted molar refractivity (Wildman–Crippen MR) is 121 cm³/mol. The van der Waals surface area contributed by atoms with E-state index in [1.54, 1.807) is 43.3 Å². The average Bonchev–Trinajstić information content (AvgIpc) is 2.75. The average molecular weight is 511 g/mol. The number of carbonyl (C=O) groups is 1. The van der Waals surface area contributed by atoms with Crippen molar-refractivity contribution >= 4 is 33.8 Å². The number of hydrogen-bond donors (Lipinski definition) is 1. The predicted octanol–water partition coefficient (Wildman–Crippen LogP) is 5.13. The third-order valence-corrected chi connectivity index (χ3v) is 5.97. The van der Waals surface area contributed by atoms with E-state index in [9.17, 15) is 26.4 Å². The minimum atomic E-state index is -4.60. The summed E-state index contributed by atoms with van der Waals surface area (Å²) in [5.74, 6) is -0.538. The maximum absolute atomic E-state index is 12.7. The summed E-state index contributed by atoms with van der Waals surface area (Å²) in [6, 6.07) is 14.2. The molecule has 0 aliphatic rings. The number of benzene rings is 3. The van der Waals surface area contributed by atoms with Gasteiger partial charge >= 0.3 is 16.3 Å². The number of alkyl halides is 3. The molecule has 3 rings (SSSR count). The molecule has 0 bridgehead atoms. The van der Waals surface area contributed by atoms with E-state index in [1.165, 1.54) is 12.3 Å². The summed E-state index contributed by atoms with van der Waals surface area (Å²) in [4.78, 5) is 11.7. The fourth-order valence-corrected chi connectivity index (χ4v) is 4.03. The van der Waals surface area contributed by atoms with Crippen molar-refractivity contribution < 1.29 is 30.6 Å². The lowest BCUT2D eigenvalue weighted by Crippen LogP contribution is -2.20. The van der Waals surface area contributed by atoms with Crippen LogP contribution in [0.25, 0.3) is 0 Å². The molecule has 1 N–H and O–H groups in total. The van der Waals surface area contributed by atoms with E-state index in [1.807, 2.05) is 0 Å². The van der Waals surface area contributed by atoms with Crippen LogP contribution in [-0.2, 0) is 27.5 Å². The molecule has 0 aliphatic heterocycles. The van der Waals surface area contributed by atoms with Crippen molar-refractivity contribution in [3.05, 3.63) is 94.0 Å². The van der Waals surface area contributed by atoms with Gasteiger partial charge in [0.2, 0.25) is 5.91 Å². The van der Waals surface area contributed by atoms with E-state index in [-0.39, 0.29) is 17.7 Å². The lowest BCUT2D eigenvalue weighted by atomic mass is 10.1. The number of amides is 1. The third kappa shape index (κ3) is 6.82. The number of halogens is 4. The molecule has 6 nitrogen and oxygen atoms in total. The molecule has 0 spiro atoms. The molecule has 0 radical (unpaired) electrons. The van der Waals surface area contributed by atoms with Crippen LogP contribution in [0.4, 0.5) is 13.2 Å². The zero-order valence-corrected chi connectivity index (χ0v) is 19.2. The minimum Gasteiger partial charge on any atom is -0.378 e.